The van der Waals surface area contributed by atoms with Crippen molar-refractivity contribution in [2.75, 3.05) is 5.32 Å². The molecule has 1 heterocycles. The first-order valence-corrected chi connectivity index (χ1v) is 5.26. The predicted octanol–water partition coefficient (Wildman–Crippen LogP) is 2.42. The molecule has 0 spiro atoms. The third-order valence-corrected chi connectivity index (χ3v) is 2.62. The van der Waals surface area contributed by atoms with Gasteiger partial charge in [0.2, 0.25) is 5.91 Å². The van der Waals surface area contributed by atoms with Gasteiger partial charge in [-0.25, -0.2) is 4.98 Å². The molecule has 1 aromatic rings. The largest absolute Gasteiger partial charge is 0.324 e. The molecule has 15 heavy (non-hydrogen) atoms. The highest BCUT2D eigenvalue weighted by atomic mass is 79.9. The number of Topliss-reactive ketones (excluding diaryl/α,β-unsaturated/α-hetero) is 1. The van der Waals surface area contributed by atoms with Crippen LogP contribution in [0.5, 0.6) is 0 Å². The Morgan fingerprint density at radius 2 is 2.27 bits per heavy atom. The minimum Gasteiger partial charge on any atom is -0.324 e. The van der Waals surface area contributed by atoms with E-state index in [-0.39, 0.29) is 18.1 Å². The summed E-state index contributed by atoms with van der Waals surface area (Å²) in [6, 6.07) is 1.62. The van der Waals surface area contributed by atoms with Crippen molar-refractivity contribution in [1.29, 1.82) is 0 Å². The number of ketones is 1. The smallest absolute Gasteiger partial charge is 0.231 e. The van der Waals surface area contributed by atoms with Crippen molar-refractivity contribution in [2.24, 2.45) is 0 Å². The van der Waals surface area contributed by atoms with Gasteiger partial charge >= 0.3 is 0 Å². The fourth-order valence-electron chi connectivity index (χ4n) is 0.921. The summed E-state index contributed by atoms with van der Waals surface area (Å²) >= 11 is 8.85. The summed E-state index contributed by atoms with van der Waals surface area (Å²) in [4.78, 5) is 25.7. The van der Waals surface area contributed by atoms with Crippen LogP contribution in [0.3, 0.4) is 0 Å². The van der Waals surface area contributed by atoms with Crippen LogP contribution in [0.1, 0.15) is 13.3 Å². The molecule has 0 bridgehead atoms. The van der Waals surface area contributed by atoms with Gasteiger partial charge in [-0.3, -0.25) is 9.59 Å². The highest BCUT2D eigenvalue weighted by Gasteiger charge is 2.07. The number of hydrogen-bond acceptors (Lipinski definition) is 3. The molecule has 1 aromatic heterocycles. The number of carbonyl (C=O) groups is 2. The van der Waals surface area contributed by atoms with Gasteiger partial charge in [0.05, 0.1) is 22.8 Å². The van der Waals surface area contributed by atoms with Crippen molar-refractivity contribution in [2.45, 2.75) is 13.3 Å². The minimum atomic E-state index is -0.362. The molecule has 80 valence electrons. The van der Waals surface area contributed by atoms with E-state index in [1.807, 2.05) is 0 Å². The van der Waals surface area contributed by atoms with Gasteiger partial charge in [-0.15, -0.1) is 0 Å². The number of nitrogens with one attached hydrogen (secondary N) is 1. The van der Waals surface area contributed by atoms with E-state index in [1.165, 1.54) is 13.1 Å². The second-order valence-electron chi connectivity index (χ2n) is 2.92. The van der Waals surface area contributed by atoms with Gasteiger partial charge in [-0.2, -0.15) is 0 Å². The Morgan fingerprint density at radius 3 is 2.80 bits per heavy atom. The number of anilines is 1. The zero-order valence-corrected chi connectivity index (χ0v) is 10.2. The van der Waals surface area contributed by atoms with Crippen LogP contribution in [0.25, 0.3) is 0 Å². The molecule has 0 aromatic carbocycles. The van der Waals surface area contributed by atoms with Gasteiger partial charge in [0.25, 0.3) is 0 Å². The van der Waals surface area contributed by atoms with E-state index in [9.17, 15) is 9.59 Å². The summed E-state index contributed by atoms with van der Waals surface area (Å²) in [6.45, 7) is 1.36. The summed E-state index contributed by atoms with van der Waals surface area (Å²) in [6.07, 6.45) is 1.28. The summed E-state index contributed by atoms with van der Waals surface area (Å²) < 4.78 is 0.588. The molecule has 0 unspecified atom stereocenters. The number of rotatable bonds is 3. The van der Waals surface area contributed by atoms with E-state index in [1.54, 1.807) is 6.07 Å². The van der Waals surface area contributed by atoms with E-state index in [0.717, 1.165) is 0 Å². The van der Waals surface area contributed by atoms with Gasteiger partial charge in [-0.05, 0) is 28.9 Å². The van der Waals surface area contributed by atoms with Gasteiger partial charge < -0.3 is 5.32 Å². The molecule has 1 amide bonds. The molecule has 1 rings (SSSR count). The maximum Gasteiger partial charge on any atom is 0.231 e. The number of aromatic nitrogens is 1. The van der Waals surface area contributed by atoms with E-state index in [2.05, 4.69) is 26.2 Å². The maximum atomic E-state index is 11.2. The highest BCUT2D eigenvalue weighted by molar-refractivity contribution is 9.10. The lowest BCUT2D eigenvalue weighted by molar-refractivity contribution is -0.124. The van der Waals surface area contributed by atoms with Crippen molar-refractivity contribution in [3.8, 4) is 0 Å². The third-order valence-electron chi connectivity index (χ3n) is 1.49. The van der Waals surface area contributed by atoms with Crippen molar-refractivity contribution in [1.82, 2.24) is 4.98 Å². The van der Waals surface area contributed by atoms with Crippen LogP contribution in [0.2, 0.25) is 5.15 Å². The normalized spacial score (nSPS) is 9.80. The van der Waals surface area contributed by atoms with Crippen LogP contribution in [0.4, 0.5) is 5.69 Å². The van der Waals surface area contributed by atoms with Crippen LogP contribution >= 0.6 is 27.5 Å². The Hall–Kier alpha value is -0.940. The van der Waals surface area contributed by atoms with E-state index in [4.69, 9.17) is 11.6 Å². The number of pyridine rings is 1. The zero-order chi connectivity index (χ0) is 11.4. The number of carbonyl (C=O) groups excluding carboxylic acids is 2. The molecular formula is C9H8BrClN2O2. The lowest BCUT2D eigenvalue weighted by Crippen LogP contribution is -2.14. The second-order valence-corrected chi connectivity index (χ2v) is 4.14. The molecule has 6 heteroatoms. The number of nitrogens with zero attached hydrogens (tertiary/aromatic N) is 1. The summed E-state index contributed by atoms with van der Waals surface area (Å²) in [5.41, 5.74) is 0.498. The standard InChI is InChI=1S/C9H8BrClN2O2/c1-5(14)2-8(15)13-6-3-7(10)9(11)12-4-6/h3-4H,2H2,1H3,(H,13,15). The Kier molecular flexibility index (Phi) is 4.23. The van der Waals surface area contributed by atoms with Crippen LogP contribution in [0, 0.1) is 0 Å². The SMILES string of the molecule is CC(=O)CC(=O)Nc1cnc(Cl)c(Br)c1. The van der Waals surface area contributed by atoms with E-state index >= 15 is 0 Å². The second kappa shape index (κ2) is 5.23. The lowest BCUT2D eigenvalue weighted by Gasteiger charge is -2.04. The zero-order valence-electron chi connectivity index (χ0n) is 7.88. The molecule has 0 radical (unpaired) electrons. The summed E-state index contributed by atoms with van der Waals surface area (Å²) in [5, 5.41) is 2.85. The first-order valence-electron chi connectivity index (χ1n) is 4.09. The van der Waals surface area contributed by atoms with Gasteiger partial charge in [0.1, 0.15) is 10.9 Å². The molecule has 1 N–H and O–H groups in total. The van der Waals surface area contributed by atoms with Crippen molar-refractivity contribution in [3.05, 3.63) is 21.9 Å². The Balaban J connectivity index is 2.69. The molecule has 4 nitrogen and oxygen atoms in total. The number of amides is 1. The van der Waals surface area contributed by atoms with Crippen molar-refractivity contribution in [3.63, 3.8) is 0 Å². The first-order chi connectivity index (χ1) is 6.99. The van der Waals surface area contributed by atoms with E-state index in [0.29, 0.717) is 15.3 Å². The topological polar surface area (TPSA) is 59.1 Å². The van der Waals surface area contributed by atoms with Crippen molar-refractivity contribution >= 4 is 44.9 Å². The molecule has 0 aliphatic heterocycles. The summed E-state index contributed by atoms with van der Waals surface area (Å²) in [7, 11) is 0. The minimum absolute atomic E-state index is 0.139. The molecule has 0 atom stereocenters. The van der Waals surface area contributed by atoms with Gasteiger partial charge in [0.15, 0.2) is 0 Å². The lowest BCUT2D eigenvalue weighted by atomic mass is 10.3. The van der Waals surface area contributed by atoms with Crippen LogP contribution in [-0.2, 0) is 9.59 Å². The molecule has 0 saturated carbocycles. The molecule has 0 aliphatic rings. The Morgan fingerprint density at radius 1 is 1.60 bits per heavy atom. The quantitative estimate of drug-likeness (QED) is 0.687. The monoisotopic (exact) mass is 290 g/mol. The van der Waals surface area contributed by atoms with Gasteiger partial charge in [0, 0.05) is 0 Å². The predicted molar refractivity (Wildman–Crippen MR) is 60.9 cm³/mol. The summed E-state index contributed by atoms with van der Waals surface area (Å²) in [5.74, 6) is -0.549. The molecule has 0 saturated heterocycles. The van der Waals surface area contributed by atoms with Gasteiger partial charge in [-0.1, -0.05) is 11.6 Å². The van der Waals surface area contributed by atoms with Crippen molar-refractivity contribution < 1.29 is 9.59 Å². The highest BCUT2D eigenvalue weighted by Crippen LogP contribution is 2.22. The van der Waals surface area contributed by atoms with Crippen LogP contribution in [0.15, 0.2) is 16.7 Å². The fourth-order valence-corrected chi connectivity index (χ4v) is 1.37. The average molecular weight is 292 g/mol. The molecule has 0 aliphatic carbocycles. The van der Waals surface area contributed by atoms with Crippen LogP contribution in [-0.4, -0.2) is 16.7 Å². The third kappa shape index (κ3) is 3.97. The Labute approximate surface area is 100 Å². The molecular weight excluding hydrogens is 283 g/mol. The maximum absolute atomic E-state index is 11.2. The first kappa shape index (κ1) is 12.1. The van der Waals surface area contributed by atoms with Crippen LogP contribution < -0.4 is 5.32 Å². The number of halogens is 2. The average Bonchev–Trinajstić information content (AvgIpc) is 2.10. The molecule has 0 fully saturated rings. The Bertz CT molecular complexity index is 409. The van der Waals surface area contributed by atoms with E-state index < -0.39 is 0 Å². The number of hydrogen-bond donors (Lipinski definition) is 1. The fraction of sp³-hybridized carbons (Fsp3) is 0.222.